The quantitative estimate of drug-likeness (QED) is 0.819. The van der Waals surface area contributed by atoms with E-state index in [1.54, 1.807) is 31.2 Å². The molecule has 1 aromatic rings. The second-order valence-electron chi connectivity index (χ2n) is 6.37. The van der Waals surface area contributed by atoms with Crippen molar-refractivity contribution in [3.8, 4) is 0 Å². The summed E-state index contributed by atoms with van der Waals surface area (Å²) in [6.45, 7) is 7.51. The summed E-state index contributed by atoms with van der Waals surface area (Å²) < 4.78 is 0. The second kappa shape index (κ2) is 8.68. The summed E-state index contributed by atoms with van der Waals surface area (Å²) >= 11 is 5.95. The summed E-state index contributed by atoms with van der Waals surface area (Å²) in [6, 6.07) is 6.60. The van der Waals surface area contributed by atoms with Crippen LogP contribution in [0.1, 0.15) is 38.1 Å². The molecular formula is C17H24ClN3O3. The van der Waals surface area contributed by atoms with Crippen LogP contribution >= 0.6 is 11.6 Å². The van der Waals surface area contributed by atoms with Crippen molar-refractivity contribution in [3.05, 3.63) is 34.9 Å². The van der Waals surface area contributed by atoms with Gasteiger partial charge in [0.1, 0.15) is 0 Å². The minimum atomic E-state index is -0.427. The SMILES string of the molecule is CCN(CC(=O)NC(C)(C)C)C(=O)CNC(=O)c1ccccc1Cl. The number of hydrogen-bond acceptors (Lipinski definition) is 3. The largest absolute Gasteiger partial charge is 0.350 e. The van der Waals surface area contributed by atoms with Gasteiger partial charge in [0.25, 0.3) is 5.91 Å². The molecule has 0 unspecified atom stereocenters. The minimum Gasteiger partial charge on any atom is -0.350 e. The van der Waals surface area contributed by atoms with Crippen LogP contribution in [0.3, 0.4) is 0 Å². The fraction of sp³-hybridized carbons (Fsp3) is 0.471. The minimum absolute atomic E-state index is 0.0471. The predicted molar refractivity (Wildman–Crippen MR) is 93.9 cm³/mol. The normalized spacial score (nSPS) is 10.9. The van der Waals surface area contributed by atoms with Gasteiger partial charge in [0.15, 0.2) is 0 Å². The molecule has 0 aromatic heterocycles. The highest BCUT2D eigenvalue weighted by atomic mass is 35.5. The molecule has 6 nitrogen and oxygen atoms in total. The Labute approximate surface area is 147 Å². The zero-order valence-electron chi connectivity index (χ0n) is 14.5. The van der Waals surface area contributed by atoms with E-state index in [-0.39, 0.29) is 30.4 Å². The molecule has 2 N–H and O–H groups in total. The van der Waals surface area contributed by atoms with E-state index >= 15 is 0 Å². The first-order chi connectivity index (χ1) is 11.1. The van der Waals surface area contributed by atoms with Gasteiger partial charge in [-0.15, -0.1) is 0 Å². The highest BCUT2D eigenvalue weighted by Gasteiger charge is 2.20. The lowest BCUT2D eigenvalue weighted by Gasteiger charge is -2.25. The van der Waals surface area contributed by atoms with E-state index in [1.165, 1.54) is 4.90 Å². The van der Waals surface area contributed by atoms with Gasteiger partial charge >= 0.3 is 0 Å². The van der Waals surface area contributed by atoms with Crippen LogP contribution in [0, 0.1) is 0 Å². The fourth-order valence-corrected chi connectivity index (χ4v) is 2.24. The molecule has 1 aromatic carbocycles. The van der Waals surface area contributed by atoms with Crippen molar-refractivity contribution in [2.75, 3.05) is 19.6 Å². The van der Waals surface area contributed by atoms with Crippen LogP contribution in [-0.4, -0.2) is 47.8 Å². The number of amides is 3. The number of hydrogen-bond donors (Lipinski definition) is 2. The molecule has 0 aliphatic heterocycles. The van der Waals surface area contributed by atoms with Gasteiger partial charge in [-0.25, -0.2) is 0 Å². The summed E-state index contributed by atoms with van der Waals surface area (Å²) in [5.41, 5.74) is -0.0573. The zero-order chi connectivity index (χ0) is 18.3. The summed E-state index contributed by atoms with van der Waals surface area (Å²) in [7, 11) is 0. The Morgan fingerprint density at radius 2 is 1.79 bits per heavy atom. The maximum absolute atomic E-state index is 12.2. The lowest BCUT2D eigenvalue weighted by Crippen LogP contribution is -2.49. The molecule has 0 saturated heterocycles. The molecule has 0 heterocycles. The molecule has 0 bridgehead atoms. The van der Waals surface area contributed by atoms with Crippen molar-refractivity contribution in [1.29, 1.82) is 0 Å². The van der Waals surface area contributed by atoms with Gasteiger partial charge in [0, 0.05) is 12.1 Å². The van der Waals surface area contributed by atoms with Gasteiger partial charge < -0.3 is 15.5 Å². The van der Waals surface area contributed by atoms with E-state index in [0.29, 0.717) is 17.1 Å². The zero-order valence-corrected chi connectivity index (χ0v) is 15.2. The molecule has 0 spiro atoms. The molecule has 0 saturated carbocycles. The molecule has 1 rings (SSSR count). The van der Waals surface area contributed by atoms with Gasteiger partial charge in [0.05, 0.1) is 23.7 Å². The van der Waals surface area contributed by atoms with Crippen molar-refractivity contribution >= 4 is 29.3 Å². The monoisotopic (exact) mass is 353 g/mol. The molecule has 0 fully saturated rings. The highest BCUT2D eigenvalue weighted by molar-refractivity contribution is 6.33. The average Bonchev–Trinajstić information content (AvgIpc) is 2.48. The topological polar surface area (TPSA) is 78.5 Å². The van der Waals surface area contributed by atoms with E-state index in [4.69, 9.17) is 11.6 Å². The smallest absolute Gasteiger partial charge is 0.253 e. The Morgan fingerprint density at radius 3 is 2.33 bits per heavy atom. The van der Waals surface area contributed by atoms with Crippen molar-refractivity contribution < 1.29 is 14.4 Å². The van der Waals surface area contributed by atoms with Crippen molar-refractivity contribution in [2.24, 2.45) is 0 Å². The van der Waals surface area contributed by atoms with Gasteiger partial charge in [-0.05, 0) is 39.8 Å². The molecule has 7 heteroatoms. The van der Waals surface area contributed by atoms with Crippen molar-refractivity contribution in [1.82, 2.24) is 15.5 Å². The maximum atomic E-state index is 12.2. The number of rotatable bonds is 6. The summed E-state index contributed by atoms with van der Waals surface area (Å²) in [5.74, 6) is -0.999. The van der Waals surface area contributed by atoms with E-state index in [2.05, 4.69) is 10.6 Å². The number of nitrogens with zero attached hydrogens (tertiary/aromatic N) is 1. The first-order valence-electron chi connectivity index (χ1n) is 7.75. The van der Waals surface area contributed by atoms with Crippen LogP contribution < -0.4 is 10.6 Å². The second-order valence-corrected chi connectivity index (χ2v) is 6.78. The van der Waals surface area contributed by atoms with Crippen LogP contribution in [0.4, 0.5) is 0 Å². The molecule has 0 aliphatic rings. The number of benzene rings is 1. The number of nitrogens with one attached hydrogen (secondary N) is 2. The predicted octanol–water partition coefficient (Wildman–Crippen LogP) is 1.83. The van der Waals surface area contributed by atoms with E-state index < -0.39 is 5.91 Å². The molecule has 3 amide bonds. The Balaban J connectivity index is 2.57. The van der Waals surface area contributed by atoms with Gasteiger partial charge in [-0.3, -0.25) is 14.4 Å². The van der Waals surface area contributed by atoms with E-state index in [0.717, 1.165) is 0 Å². The standard InChI is InChI=1S/C17H24ClN3O3/c1-5-21(11-14(22)20-17(2,3)4)15(23)10-19-16(24)12-8-6-7-9-13(12)18/h6-9H,5,10-11H2,1-4H3,(H,19,24)(H,20,22). The van der Waals surface area contributed by atoms with Crippen molar-refractivity contribution in [2.45, 2.75) is 33.2 Å². The lowest BCUT2D eigenvalue weighted by molar-refractivity contribution is -0.135. The van der Waals surface area contributed by atoms with Gasteiger partial charge in [-0.2, -0.15) is 0 Å². The van der Waals surface area contributed by atoms with E-state index in [1.807, 2.05) is 20.8 Å². The fourth-order valence-electron chi connectivity index (χ4n) is 2.02. The Hall–Kier alpha value is -2.08. The van der Waals surface area contributed by atoms with Crippen molar-refractivity contribution in [3.63, 3.8) is 0 Å². The third-order valence-electron chi connectivity index (χ3n) is 3.10. The first-order valence-corrected chi connectivity index (χ1v) is 8.13. The van der Waals surface area contributed by atoms with Gasteiger partial charge in [-0.1, -0.05) is 23.7 Å². The first kappa shape index (κ1) is 20.0. The van der Waals surface area contributed by atoms with Crippen LogP contribution in [0.15, 0.2) is 24.3 Å². The van der Waals surface area contributed by atoms with Crippen LogP contribution in [-0.2, 0) is 9.59 Å². The summed E-state index contributed by atoms with van der Waals surface area (Å²) in [5, 5.41) is 5.65. The summed E-state index contributed by atoms with van der Waals surface area (Å²) in [4.78, 5) is 37.5. The number of carbonyl (C=O) groups is 3. The van der Waals surface area contributed by atoms with E-state index in [9.17, 15) is 14.4 Å². The van der Waals surface area contributed by atoms with Gasteiger partial charge in [0.2, 0.25) is 11.8 Å². The third-order valence-corrected chi connectivity index (χ3v) is 3.43. The van der Waals surface area contributed by atoms with Crippen LogP contribution in [0.2, 0.25) is 5.02 Å². The molecule has 0 atom stereocenters. The highest BCUT2D eigenvalue weighted by Crippen LogP contribution is 2.14. The van der Waals surface area contributed by atoms with Crippen LogP contribution in [0.5, 0.6) is 0 Å². The summed E-state index contributed by atoms with van der Waals surface area (Å²) in [6.07, 6.45) is 0. The third kappa shape index (κ3) is 6.58. The Bertz CT molecular complexity index is 611. The molecular weight excluding hydrogens is 330 g/mol. The molecule has 132 valence electrons. The molecule has 24 heavy (non-hydrogen) atoms. The number of likely N-dealkylation sites (N-methyl/N-ethyl adjacent to an activating group) is 1. The molecule has 0 aliphatic carbocycles. The maximum Gasteiger partial charge on any atom is 0.253 e. The lowest BCUT2D eigenvalue weighted by atomic mass is 10.1. The number of halogens is 1. The Morgan fingerprint density at radius 1 is 1.17 bits per heavy atom. The Kier molecular flexibility index (Phi) is 7.22. The average molecular weight is 354 g/mol. The molecule has 0 radical (unpaired) electrons. The number of carbonyl (C=O) groups excluding carboxylic acids is 3. The van der Waals surface area contributed by atoms with Crippen LogP contribution in [0.25, 0.3) is 0 Å².